The van der Waals surface area contributed by atoms with Crippen molar-refractivity contribution in [1.29, 1.82) is 0 Å². The molecule has 2 heterocycles. The number of rotatable bonds is 9. The van der Waals surface area contributed by atoms with Crippen LogP contribution < -0.4 is 9.47 Å². The van der Waals surface area contributed by atoms with Crippen molar-refractivity contribution in [3.8, 4) is 28.4 Å². The normalized spacial score (nSPS) is 12.5. The number of aromatic hydroxyl groups is 1. The second-order valence-electron chi connectivity index (χ2n) is 8.73. The van der Waals surface area contributed by atoms with E-state index in [1.54, 1.807) is 42.7 Å². The number of phenols is 1. The minimum atomic E-state index is -0.221. The van der Waals surface area contributed by atoms with E-state index in [0.717, 1.165) is 54.1 Å². The Morgan fingerprint density at radius 3 is 2.50 bits per heavy atom. The van der Waals surface area contributed by atoms with E-state index in [1.807, 2.05) is 30.3 Å². The molecule has 1 aromatic heterocycles. The molecule has 0 bridgehead atoms. The number of hydrogen-bond acceptors (Lipinski definition) is 6. The molecule has 184 valence electrons. The minimum absolute atomic E-state index is 0.159. The van der Waals surface area contributed by atoms with E-state index >= 15 is 0 Å². The van der Waals surface area contributed by atoms with Gasteiger partial charge >= 0.3 is 0 Å². The lowest BCUT2D eigenvalue weighted by Gasteiger charge is -2.18. The molecule has 0 fully saturated rings. The van der Waals surface area contributed by atoms with E-state index in [0.29, 0.717) is 23.3 Å². The van der Waals surface area contributed by atoms with E-state index in [9.17, 15) is 9.90 Å². The van der Waals surface area contributed by atoms with Crippen molar-refractivity contribution in [1.82, 2.24) is 4.90 Å². The number of carbonyl (C=O) groups is 1. The van der Waals surface area contributed by atoms with E-state index in [1.165, 1.54) is 0 Å². The van der Waals surface area contributed by atoms with Crippen molar-refractivity contribution in [2.45, 2.75) is 20.3 Å². The second kappa shape index (κ2) is 10.3. The van der Waals surface area contributed by atoms with Gasteiger partial charge in [-0.2, -0.15) is 0 Å². The maximum atomic E-state index is 13.7. The van der Waals surface area contributed by atoms with Crippen LogP contribution in [0.15, 0.2) is 77.4 Å². The van der Waals surface area contributed by atoms with Crippen molar-refractivity contribution in [2.75, 3.05) is 26.2 Å². The number of likely N-dealkylation sites (N-methyl/N-ethyl adjacent to an activating group) is 1. The molecule has 1 aliphatic heterocycles. The molecular formula is C30H29NO5. The summed E-state index contributed by atoms with van der Waals surface area (Å²) in [4.78, 5) is 16.0. The van der Waals surface area contributed by atoms with E-state index in [-0.39, 0.29) is 17.3 Å². The van der Waals surface area contributed by atoms with Crippen LogP contribution in [0.25, 0.3) is 22.1 Å². The van der Waals surface area contributed by atoms with Crippen LogP contribution in [0, 0.1) is 0 Å². The van der Waals surface area contributed by atoms with Gasteiger partial charge in [0, 0.05) is 29.1 Å². The van der Waals surface area contributed by atoms with Gasteiger partial charge in [0.05, 0.1) is 6.26 Å². The Kier molecular flexibility index (Phi) is 6.78. The lowest BCUT2D eigenvalue weighted by molar-refractivity contribution is 0.101. The zero-order valence-corrected chi connectivity index (χ0v) is 20.5. The van der Waals surface area contributed by atoms with Crippen molar-refractivity contribution in [3.63, 3.8) is 0 Å². The first-order valence-electron chi connectivity index (χ1n) is 12.3. The highest BCUT2D eigenvalue weighted by atomic mass is 16.5. The first kappa shape index (κ1) is 23.7. The predicted molar refractivity (Wildman–Crippen MR) is 140 cm³/mol. The maximum absolute atomic E-state index is 13.7. The van der Waals surface area contributed by atoms with Crippen LogP contribution in [-0.2, 0) is 6.42 Å². The number of phenolic OH excluding ortho intramolecular Hbond substituents is 1. The van der Waals surface area contributed by atoms with Crippen molar-refractivity contribution in [2.24, 2.45) is 0 Å². The van der Waals surface area contributed by atoms with Crippen molar-refractivity contribution in [3.05, 3.63) is 89.9 Å². The Morgan fingerprint density at radius 1 is 1.03 bits per heavy atom. The van der Waals surface area contributed by atoms with Crippen LogP contribution >= 0.6 is 0 Å². The zero-order valence-electron chi connectivity index (χ0n) is 20.5. The van der Waals surface area contributed by atoms with Crippen LogP contribution in [0.3, 0.4) is 0 Å². The zero-order chi connectivity index (χ0) is 25.1. The number of allylic oxidation sites excluding steroid dienone is 1. The summed E-state index contributed by atoms with van der Waals surface area (Å²) in [5.41, 5.74) is 3.60. The standard InChI is InChI=1S/C30H29NO5/c1-3-31(4-2)15-17-34-24-13-9-21(10-14-24)29(33)30-28(20-7-11-23(32)12-8-20)25-18-22-6-5-16-35-26(22)19-27(25)36-30/h5,7-14,16,18-19,32H,3-4,6,15,17H2,1-2H3. The lowest BCUT2D eigenvalue weighted by Crippen LogP contribution is -2.27. The molecule has 0 atom stereocenters. The van der Waals surface area contributed by atoms with E-state index in [4.69, 9.17) is 13.9 Å². The van der Waals surface area contributed by atoms with Gasteiger partial charge in [-0.15, -0.1) is 0 Å². The first-order chi connectivity index (χ1) is 17.6. The van der Waals surface area contributed by atoms with Crippen molar-refractivity contribution < 1.29 is 23.8 Å². The molecule has 0 aliphatic carbocycles. The summed E-state index contributed by atoms with van der Waals surface area (Å²) in [6.07, 6.45) is 4.35. The van der Waals surface area contributed by atoms with Gasteiger partial charge in [-0.3, -0.25) is 4.79 Å². The second-order valence-corrected chi connectivity index (χ2v) is 8.73. The fourth-order valence-corrected chi connectivity index (χ4v) is 4.48. The van der Waals surface area contributed by atoms with Gasteiger partial charge in [-0.05, 0) is 79.2 Å². The SMILES string of the molecule is CCN(CC)CCOc1ccc(C(=O)c2oc3cc4c(cc3c2-c2ccc(O)cc2)CC=CO4)cc1. The van der Waals surface area contributed by atoms with Gasteiger partial charge in [-0.1, -0.05) is 26.0 Å². The average Bonchev–Trinajstić information content (AvgIpc) is 3.28. The summed E-state index contributed by atoms with van der Waals surface area (Å²) < 4.78 is 17.7. The number of ketones is 1. The Labute approximate surface area is 210 Å². The molecule has 4 aromatic rings. The minimum Gasteiger partial charge on any atom is -0.508 e. The summed E-state index contributed by atoms with van der Waals surface area (Å²) in [5.74, 6) is 1.63. The molecule has 0 spiro atoms. The Hall–Kier alpha value is -4.03. The van der Waals surface area contributed by atoms with Gasteiger partial charge < -0.3 is 23.9 Å². The Bertz CT molecular complexity index is 1400. The Morgan fingerprint density at radius 2 is 1.78 bits per heavy atom. The van der Waals surface area contributed by atoms with Crippen LogP contribution in [0.5, 0.6) is 17.2 Å². The highest BCUT2D eigenvalue weighted by Gasteiger charge is 2.25. The number of ether oxygens (including phenoxy) is 2. The third-order valence-electron chi connectivity index (χ3n) is 6.55. The molecule has 3 aromatic carbocycles. The topological polar surface area (TPSA) is 72.1 Å². The molecule has 0 unspecified atom stereocenters. The van der Waals surface area contributed by atoms with E-state index in [2.05, 4.69) is 18.7 Å². The number of nitrogens with zero attached hydrogens (tertiary/aromatic N) is 1. The molecule has 0 saturated heterocycles. The predicted octanol–water partition coefficient (Wildman–Crippen LogP) is 6.21. The molecule has 5 rings (SSSR count). The molecule has 6 nitrogen and oxygen atoms in total. The molecule has 36 heavy (non-hydrogen) atoms. The highest BCUT2D eigenvalue weighted by Crippen LogP contribution is 2.40. The van der Waals surface area contributed by atoms with Gasteiger partial charge in [0.2, 0.25) is 5.78 Å². The number of furan rings is 1. The number of carbonyl (C=O) groups excluding carboxylic acids is 1. The van der Waals surface area contributed by atoms with Crippen molar-refractivity contribution >= 4 is 16.8 Å². The Balaban J connectivity index is 1.48. The summed E-state index contributed by atoms with van der Waals surface area (Å²) in [7, 11) is 0. The largest absolute Gasteiger partial charge is 0.508 e. The molecule has 6 heteroatoms. The summed E-state index contributed by atoms with van der Waals surface area (Å²) >= 11 is 0. The van der Waals surface area contributed by atoms with E-state index < -0.39 is 0 Å². The molecule has 1 aliphatic rings. The van der Waals surface area contributed by atoms with Crippen LogP contribution in [0.1, 0.15) is 35.5 Å². The van der Waals surface area contributed by atoms with Gasteiger partial charge in [0.1, 0.15) is 29.4 Å². The molecule has 1 N–H and O–H groups in total. The fraction of sp³-hybridized carbons (Fsp3) is 0.233. The molecular weight excluding hydrogens is 454 g/mol. The monoisotopic (exact) mass is 483 g/mol. The third-order valence-corrected chi connectivity index (χ3v) is 6.55. The summed E-state index contributed by atoms with van der Waals surface area (Å²) in [5, 5.41) is 10.6. The van der Waals surface area contributed by atoms with Gasteiger partial charge in [0.25, 0.3) is 0 Å². The number of hydrogen-bond donors (Lipinski definition) is 1. The average molecular weight is 484 g/mol. The fourth-order valence-electron chi connectivity index (χ4n) is 4.48. The third kappa shape index (κ3) is 4.72. The number of fused-ring (bicyclic) bond motifs is 2. The maximum Gasteiger partial charge on any atom is 0.228 e. The van der Waals surface area contributed by atoms with Gasteiger partial charge in [0.15, 0.2) is 5.76 Å². The molecule has 0 saturated carbocycles. The summed E-state index contributed by atoms with van der Waals surface area (Å²) in [6.45, 7) is 7.68. The summed E-state index contributed by atoms with van der Waals surface area (Å²) in [6, 6.07) is 17.8. The van der Waals surface area contributed by atoms with Crippen LogP contribution in [0.2, 0.25) is 0 Å². The van der Waals surface area contributed by atoms with Crippen LogP contribution in [-0.4, -0.2) is 42.0 Å². The molecule has 0 amide bonds. The van der Waals surface area contributed by atoms with Gasteiger partial charge in [-0.25, -0.2) is 0 Å². The quantitative estimate of drug-likeness (QED) is 0.286. The van der Waals surface area contributed by atoms with Crippen LogP contribution in [0.4, 0.5) is 0 Å². The first-order valence-corrected chi connectivity index (χ1v) is 12.3. The smallest absolute Gasteiger partial charge is 0.228 e. The number of benzene rings is 3. The highest BCUT2D eigenvalue weighted by molar-refractivity contribution is 6.16. The lowest BCUT2D eigenvalue weighted by atomic mass is 9.96. The molecule has 0 radical (unpaired) electrons.